The third-order valence-electron chi connectivity index (χ3n) is 9.67. The number of aliphatic imine (C=N–C) groups is 2. The van der Waals surface area contributed by atoms with Gasteiger partial charge < -0.3 is 9.88 Å². The van der Waals surface area contributed by atoms with Crippen LogP contribution in [0.15, 0.2) is 180 Å². The first-order chi connectivity index (χ1) is 24.8. The molecular formula is C45H30N4S. The minimum atomic E-state index is -0.310. The maximum atomic E-state index is 5.24. The Hall–Kier alpha value is -6.30. The first-order valence-electron chi connectivity index (χ1n) is 16.9. The van der Waals surface area contributed by atoms with Crippen LogP contribution in [0.2, 0.25) is 0 Å². The number of fused-ring (bicyclic) bond motifs is 6. The van der Waals surface area contributed by atoms with E-state index in [1.54, 1.807) is 0 Å². The van der Waals surface area contributed by atoms with E-state index in [4.69, 9.17) is 9.98 Å². The second-order valence-corrected chi connectivity index (χ2v) is 13.6. The predicted octanol–water partition coefficient (Wildman–Crippen LogP) is 11.3. The maximum Gasteiger partial charge on any atom is 0.159 e. The highest BCUT2D eigenvalue weighted by atomic mass is 32.1. The fourth-order valence-corrected chi connectivity index (χ4v) is 8.75. The van der Waals surface area contributed by atoms with E-state index >= 15 is 0 Å². The molecule has 9 aromatic rings. The Kier molecular flexibility index (Phi) is 6.71. The lowest BCUT2D eigenvalue weighted by Gasteiger charge is -2.24. The van der Waals surface area contributed by atoms with Crippen molar-refractivity contribution in [2.24, 2.45) is 9.98 Å². The van der Waals surface area contributed by atoms with Crippen LogP contribution in [0.25, 0.3) is 58.8 Å². The van der Waals surface area contributed by atoms with E-state index in [0.29, 0.717) is 0 Å². The van der Waals surface area contributed by atoms with Crippen LogP contribution in [0.4, 0.5) is 0 Å². The summed E-state index contributed by atoms with van der Waals surface area (Å²) in [5.74, 6) is 1.55. The number of benzene rings is 7. The van der Waals surface area contributed by atoms with Crippen molar-refractivity contribution in [2.45, 2.75) is 6.17 Å². The molecule has 1 N–H and O–H groups in total. The minimum Gasteiger partial charge on any atom is -0.344 e. The lowest BCUT2D eigenvalue weighted by Crippen LogP contribution is -2.33. The van der Waals surface area contributed by atoms with Crippen LogP contribution in [0.3, 0.4) is 0 Å². The summed E-state index contributed by atoms with van der Waals surface area (Å²) in [6.45, 7) is 0. The number of rotatable bonds is 5. The summed E-state index contributed by atoms with van der Waals surface area (Å²) in [6.07, 6.45) is -0.310. The molecule has 0 bridgehead atoms. The van der Waals surface area contributed by atoms with Crippen LogP contribution in [0.5, 0.6) is 0 Å². The average molecular weight is 659 g/mol. The average Bonchev–Trinajstić information content (AvgIpc) is 3.75. The van der Waals surface area contributed by atoms with Crippen molar-refractivity contribution < 1.29 is 0 Å². The van der Waals surface area contributed by atoms with Crippen molar-refractivity contribution in [3.63, 3.8) is 0 Å². The van der Waals surface area contributed by atoms with E-state index in [-0.39, 0.29) is 6.17 Å². The van der Waals surface area contributed by atoms with E-state index in [2.05, 4.69) is 155 Å². The molecule has 0 spiro atoms. The molecule has 236 valence electrons. The smallest absolute Gasteiger partial charge is 0.159 e. The standard InChI is InChI=1S/C45H30N4S/c1-4-15-29(16-5-1)43-46-44(30-17-6-2-7-18-30)48-45(47-43)36-25-14-28-39-41(36)35-24-12-23-33(42(35)50-39)32-22-13-27-38-40(32)34-21-10-11-26-37(34)49(38)31-19-8-3-9-20-31/h1-28,45H,(H,46,47,48). The highest BCUT2D eigenvalue weighted by Crippen LogP contribution is 2.46. The summed E-state index contributed by atoms with van der Waals surface area (Å²) in [4.78, 5) is 10.3. The molecule has 1 aliphatic rings. The maximum absolute atomic E-state index is 5.24. The molecule has 7 aromatic carbocycles. The number of hydrogen-bond donors (Lipinski definition) is 1. The molecule has 50 heavy (non-hydrogen) atoms. The van der Waals surface area contributed by atoms with Gasteiger partial charge in [0, 0.05) is 58.9 Å². The highest BCUT2D eigenvalue weighted by Gasteiger charge is 2.25. The van der Waals surface area contributed by atoms with Gasteiger partial charge in [-0.3, -0.25) is 0 Å². The van der Waals surface area contributed by atoms with E-state index in [9.17, 15) is 0 Å². The van der Waals surface area contributed by atoms with E-state index in [1.807, 2.05) is 35.6 Å². The Balaban J connectivity index is 1.18. The molecule has 0 fully saturated rings. The molecule has 1 unspecified atom stereocenters. The number of nitrogens with zero attached hydrogens (tertiary/aromatic N) is 3. The van der Waals surface area contributed by atoms with Gasteiger partial charge in [-0.1, -0.05) is 140 Å². The third-order valence-corrected chi connectivity index (χ3v) is 10.9. The lowest BCUT2D eigenvalue weighted by atomic mass is 9.96. The van der Waals surface area contributed by atoms with Gasteiger partial charge in [0.1, 0.15) is 12.0 Å². The molecule has 2 aromatic heterocycles. The first kappa shape index (κ1) is 28.7. The summed E-state index contributed by atoms with van der Waals surface area (Å²) in [5.41, 5.74) is 9.23. The SMILES string of the molecule is c1ccc(C2=NC(c3cccc4sc5c(-c6cccc7c6c6ccccc6n7-c6ccccc6)cccc5c34)NC(c3ccccc3)=N2)cc1. The minimum absolute atomic E-state index is 0.310. The molecule has 0 saturated carbocycles. The Morgan fingerprint density at radius 1 is 0.520 bits per heavy atom. The Labute approximate surface area is 293 Å². The van der Waals surface area contributed by atoms with Crippen molar-refractivity contribution in [1.82, 2.24) is 9.88 Å². The summed E-state index contributed by atoms with van der Waals surface area (Å²) in [5, 5.41) is 8.70. The van der Waals surface area contributed by atoms with Gasteiger partial charge in [-0.05, 0) is 35.9 Å². The summed E-state index contributed by atoms with van der Waals surface area (Å²) < 4.78 is 4.91. The number of para-hydroxylation sites is 2. The number of aromatic nitrogens is 1. The van der Waals surface area contributed by atoms with Crippen molar-refractivity contribution in [3.8, 4) is 16.8 Å². The van der Waals surface area contributed by atoms with Gasteiger partial charge in [-0.15, -0.1) is 11.3 Å². The number of hydrogen-bond acceptors (Lipinski definition) is 4. The highest BCUT2D eigenvalue weighted by molar-refractivity contribution is 7.26. The van der Waals surface area contributed by atoms with Gasteiger partial charge in [0.15, 0.2) is 5.84 Å². The van der Waals surface area contributed by atoms with Crippen LogP contribution in [-0.4, -0.2) is 16.2 Å². The molecule has 4 nitrogen and oxygen atoms in total. The number of thiophene rings is 1. The topological polar surface area (TPSA) is 41.7 Å². The van der Waals surface area contributed by atoms with E-state index in [1.165, 1.54) is 53.1 Å². The van der Waals surface area contributed by atoms with Gasteiger partial charge >= 0.3 is 0 Å². The zero-order valence-electron chi connectivity index (χ0n) is 27.0. The fourth-order valence-electron chi connectivity index (χ4n) is 7.48. The van der Waals surface area contributed by atoms with Crippen LogP contribution in [-0.2, 0) is 0 Å². The van der Waals surface area contributed by atoms with Crippen molar-refractivity contribution in [1.29, 1.82) is 0 Å². The Bertz CT molecular complexity index is 2780. The molecule has 0 aliphatic carbocycles. The van der Waals surface area contributed by atoms with Crippen molar-refractivity contribution >= 4 is 65.0 Å². The van der Waals surface area contributed by atoms with Crippen LogP contribution in [0, 0.1) is 0 Å². The monoisotopic (exact) mass is 658 g/mol. The molecule has 3 heterocycles. The lowest BCUT2D eigenvalue weighted by molar-refractivity contribution is 0.680. The largest absolute Gasteiger partial charge is 0.344 e. The molecule has 0 radical (unpaired) electrons. The van der Waals surface area contributed by atoms with Gasteiger partial charge in [0.2, 0.25) is 0 Å². The molecular weight excluding hydrogens is 629 g/mol. The molecule has 5 heteroatoms. The molecule has 1 atom stereocenters. The van der Waals surface area contributed by atoms with E-state index in [0.717, 1.165) is 34.0 Å². The second kappa shape index (κ2) is 11.7. The van der Waals surface area contributed by atoms with Crippen LogP contribution in [0.1, 0.15) is 22.9 Å². The Morgan fingerprint density at radius 2 is 1.16 bits per heavy atom. The third kappa shape index (κ3) is 4.59. The summed E-state index contributed by atoms with van der Waals surface area (Å²) in [7, 11) is 0. The van der Waals surface area contributed by atoms with Gasteiger partial charge in [-0.25, -0.2) is 9.98 Å². The zero-order chi connectivity index (χ0) is 33.0. The van der Waals surface area contributed by atoms with Gasteiger partial charge in [-0.2, -0.15) is 0 Å². The Morgan fingerprint density at radius 3 is 1.98 bits per heavy atom. The summed E-state index contributed by atoms with van der Waals surface area (Å²) in [6, 6.07) is 60.1. The zero-order valence-corrected chi connectivity index (χ0v) is 27.8. The molecule has 0 amide bonds. The second-order valence-electron chi connectivity index (χ2n) is 12.6. The molecule has 10 rings (SSSR count). The van der Waals surface area contributed by atoms with Crippen molar-refractivity contribution in [3.05, 3.63) is 187 Å². The van der Waals surface area contributed by atoms with E-state index < -0.39 is 0 Å². The van der Waals surface area contributed by atoms with Crippen LogP contribution >= 0.6 is 11.3 Å². The number of amidine groups is 2. The first-order valence-corrected chi connectivity index (χ1v) is 17.7. The predicted molar refractivity (Wildman–Crippen MR) is 211 cm³/mol. The normalized spacial score (nSPS) is 14.6. The van der Waals surface area contributed by atoms with Crippen molar-refractivity contribution in [2.75, 3.05) is 0 Å². The fraction of sp³-hybridized carbons (Fsp3) is 0.0222. The molecule has 0 saturated heterocycles. The quantitative estimate of drug-likeness (QED) is 0.196. The van der Waals surface area contributed by atoms with Gasteiger partial charge in [0.25, 0.3) is 0 Å². The molecule has 1 aliphatic heterocycles. The van der Waals surface area contributed by atoms with Gasteiger partial charge in [0.05, 0.1) is 11.0 Å². The van der Waals surface area contributed by atoms with Crippen LogP contribution < -0.4 is 5.32 Å². The summed E-state index contributed by atoms with van der Waals surface area (Å²) >= 11 is 1.86. The number of nitrogens with one attached hydrogen (secondary N) is 1.